The number of carboxylic acids is 1. The highest BCUT2D eigenvalue weighted by molar-refractivity contribution is 5.88. The average molecular weight is 324 g/mol. The number of hydrogen-bond donors (Lipinski definition) is 2. The van der Waals surface area contributed by atoms with Crippen molar-refractivity contribution < 1.29 is 20.0 Å². The van der Waals surface area contributed by atoms with Crippen molar-refractivity contribution in [3.8, 4) is 0 Å². The van der Waals surface area contributed by atoms with E-state index in [1.165, 1.54) is 10.9 Å². The van der Waals surface area contributed by atoms with Crippen molar-refractivity contribution in [2.75, 3.05) is 0 Å². The van der Waals surface area contributed by atoms with Crippen LogP contribution in [0.5, 0.6) is 0 Å². The van der Waals surface area contributed by atoms with E-state index in [2.05, 4.69) is 23.9 Å². The number of benzene rings is 3. The smallest absolute Gasteiger partial charge is 0.335 e. The topological polar surface area (TPSA) is 66.8 Å². The van der Waals surface area contributed by atoms with E-state index in [9.17, 15) is 4.79 Å². The Kier molecular flexibility index (Phi) is 6.07. The zero-order chi connectivity index (χ0) is 17.5. The number of carboxylic acid groups (broad SMARTS) is 1. The van der Waals surface area contributed by atoms with Gasteiger partial charge in [-0.25, -0.2) is 9.68 Å². The van der Waals surface area contributed by atoms with Gasteiger partial charge in [0.1, 0.15) is 6.61 Å². The first-order chi connectivity index (χ1) is 11.5. The van der Waals surface area contributed by atoms with Gasteiger partial charge in [-0.1, -0.05) is 54.1 Å². The van der Waals surface area contributed by atoms with Crippen LogP contribution in [0.1, 0.15) is 27.0 Å². The fourth-order valence-corrected chi connectivity index (χ4v) is 2.51. The van der Waals surface area contributed by atoms with Crippen LogP contribution >= 0.6 is 0 Å². The van der Waals surface area contributed by atoms with Crippen LogP contribution in [0.3, 0.4) is 0 Å². The summed E-state index contributed by atoms with van der Waals surface area (Å²) in [5, 5.41) is 19.3. The van der Waals surface area contributed by atoms with Crippen molar-refractivity contribution in [2.45, 2.75) is 20.5 Å². The van der Waals surface area contributed by atoms with Crippen molar-refractivity contribution in [1.82, 2.24) is 0 Å². The maximum atomic E-state index is 10.4. The molecule has 0 aliphatic carbocycles. The molecule has 4 nitrogen and oxygen atoms in total. The van der Waals surface area contributed by atoms with Crippen molar-refractivity contribution in [2.24, 2.45) is 0 Å². The number of carbonyl (C=O) groups is 1. The molecule has 0 spiro atoms. The molecule has 0 saturated carbocycles. The fourth-order valence-electron chi connectivity index (χ4n) is 2.51. The van der Waals surface area contributed by atoms with Gasteiger partial charge < -0.3 is 5.11 Å². The zero-order valence-electron chi connectivity index (χ0n) is 13.7. The molecule has 124 valence electrons. The Morgan fingerprint density at radius 3 is 2.25 bits per heavy atom. The van der Waals surface area contributed by atoms with E-state index in [1.54, 1.807) is 18.2 Å². The molecule has 3 aromatic carbocycles. The van der Waals surface area contributed by atoms with Gasteiger partial charge >= 0.3 is 5.97 Å². The van der Waals surface area contributed by atoms with Crippen LogP contribution in [0.25, 0.3) is 10.8 Å². The third kappa shape index (κ3) is 4.41. The quantitative estimate of drug-likeness (QED) is 0.535. The Hall–Kier alpha value is -2.69. The molecule has 24 heavy (non-hydrogen) atoms. The molecular formula is C20H20O4. The highest BCUT2D eigenvalue weighted by atomic mass is 17.1. The summed E-state index contributed by atoms with van der Waals surface area (Å²) in [5.74, 6) is -0.872. The first-order valence-corrected chi connectivity index (χ1v) is 7.56. The Labute approximate surface area is 140 Å². The lowest BCUT2D eigenvalue weighted by Gasteiger charge is -2.06. The van der Waals surface area contributed by atoms with Crippen LogP contribution < -0.4 is 0 Å². The van der Waals surface area contributed by atoms with E-state index >= 15 is 0 Å². The molecule has 3 rings (SSSR count). The minimum Gasteiger partial charge on any atom is -0.478 e. The summed E-state index contributed by atoms with van der Waals surface area (Å²) in [7, 11) is 0. The average Bonchev–Trinajstić information content (AvgIpc) is 2.57. The molecule has 0 amide bonds. The highest BCUT2D eigenvalue weighted by Gasteiger charge is 2.02. The maximum Gasteiger partial charge on any atom is 0.335 e. The minimum atomic E-state index is -0.872. The second-order valence-corrected chi connectivity index (χ2v) is 5.54. The molecule has 0 unspecified atom stereocenters. The molecule has 0 aliphatic rings. The monoisotopic (exact) mass is 324 g/mol. The van der Waals surface area contributed by atoms with Gasteiger partial charge in [0.05, 0.1) is 5.56 Å². The van der Waals surface area contributed by atoms with Gasteiger partial charge in [-0.05, 0) is 47.9 Å². The van der Waals surface area contributed by atoms with E-state index in [-0.39, 0.29) is 6.61 Å². The third-order valence-corrected chi connectivity index (χ3v) is 3.72. The van der Waals surface area contributed by atoms with Gasteiger partial charge in [0.2, 0.25) is 0 Å². The van der Waals surface area contributed by atoms with Gasteiger partial charge in [-0.2, -0.15) is 0 Å². The zero-order valence-corrected chi connectivity index (χ0v) is 13.7. The highest BCUT2D eigenvalue weighted by Crippen LogP contribution is 2.22. The second kappa shape index (κ2) is 8.24. The standard InChI is InChI=1S/C12H12O2.C8H8O2/c1-9-4-2-7-12-10(8-14-13)5-3-6-11(9)12;1-6-3-2-4-7(5-6)8(9)10/h2-7,13H,8H2,1H3;2-5H,1H3,(H,9,10). The summed E-state index contributed by atoms with van der Waals surface area (Å²) in [6.07, 6.45) is 0. The number of aryl methyl sites for hydroxylation is 2. The Morgan fingerprint density at radius 2 is 1.62 bits per heavy atom. The molecule has 0 saturated heterocycles. The van der Waals surface area contributed by atoms with E-state index < -0.39 is 5.97 Å². The molecule has 0 heterocycles. The van der Waals surface area contributed by atoms with E-state index in [0.717, 1.165) is 16.5 Å². The van der Waals surface area contributed by atoms with Crippen LogP contribution in [0.4, 0.5) is 0 Å². The van der Waals surface area contributed by atoms with E-state index in [1.807, 2.05) is 37.3 Å². The summed E-state index contributed by atoms with van der Waals surface area (Å²) in [6.45, 7) is 4.18. The summed E-state index contributed by atoms with van der Waals surface area (Å²) < 4.78 is 0. The lowest BCUT2D eigenvalue weighted by Crippen LogP contribution is -1.95. The molecule has 0 radical (unpaired) electrons. The number of rotatable bonds is 3. The maximum absolute atomic E-state index is 10.4. The van der Waals surface area contributed by atoms with Crippen molar-refractivity contribution in [3.63, 3.8) is 0 Å². The molecule has 4 heteroatoms. The predicted molar refractivity (Wildman–Crippen MR) is 94.2 cm³/mol. The summed E-state index contributed by atoms with van der Waals surface area (Å²) >= 11 is 0. The third-order valence-electron chi connectivity index (χ3n) is 3.72. The number of aromatic carboxylic acids is 1. The number of fused-ring (bicyclic) bond motifs is 1. The largest absolute Gasteiger partial charge is 0.478 e. The lowest BCUT2D eigenvalue weighted by atomic mass is 10.0. The van der Waals surface area contributed by atoms with Crippen LogP contribution in [0.15, 0.2) is 60.7 Å². The normalized spacial score (nSPS) is 10.1. The van der Waals surface area contributed by atoms with E-state index in [0.29, 0.717) is 5.56 Å². The Bertz CT molecular complexity index is 840. The van der Waals surface area contributed by atoms with Gasteiger partial charge in [-0.3, -0.25) is 5.26 Å². The predicted octanol–water partition coefficient (Wildman–Crippen LogP) is 4.83. The first-order valence-electron chi connectivity index (χ1n) is 7.56. The summed E-state index contributed by atoms with van der Waals surface area (Å²) in [4.78, 5) is 14.5. The van der Waals surface area contributed by atoms with Gasteiger partial charge in [-0.15, -0.1) is 0 Å². The van der Waals surface area contributed by atoms with Gasteiger partial charge in [0.15, 0.2) is 0 Å². The molecule has 0 aromatic heterocycles. The SMILES string of the molecule is Cc1cccc(C(=O)O)c1.Cc1cccc2c(COO)cccc12. The second-order valence-electron chi connectivity index (χ2n) is 5.54. The fraction of sp³-hybridized carbons (Fsp3) is 0.150. The first kappa shape index (κ1) is 17.7. The van der Waals surface area contributed by atoms with Crippen LogP contribution in [-0.2, 0) is 11.5 Å². The molecule has 0 aliphatic heterocycles. The van der Waals surface area contributed by atoms with Gasteiger partial charge in [0, 0.05) is 0 Å². The molecule has 0 bridgehead atoms. The van der Waals surface area contributed by atoms with Crippen LogP contribution in [-0.4, -0.2) is 16.3 Å². The van der Waals surface area contributed by atoms with Crippen molar-refractivity contribution in [1.29, 1.82) is 0 Å². The number of hydrogen-bond acceptors (Lipinski definition) is 3. The van der Waals surface area contributed by atoms with Crippen molar-refractivity contribution in [3.05, 3.63) is 82.9 Å². The van der Waals surface area contributed by atoms with Crippen molar-refractivity contribution >= 4 is 16.7 Å². The molecule has 2 N–H and O–H groups in total. The van der Waals surface area contributed by atoms with E-state index in [4.69, 9.17) is 10.4 Å². The Morgan fingerprint density at radius 1 is 0.958 bits per heavy atom. The lowest BCUT2D eigenvalue weighted by molar-refractivity contribution is -0.252. The van der Waals surface area contributed by atoms with Crippen LogP contribution in [0, 0.1) is 13.8 Å². The van der Waals surface area contributed by atoms with Crippen LogP contribution in [0.2, 0.25) is 0 Å². The molecule has 0 fully saturated rings. The molecular weight excluding hydrogens is 304 g/mol. The Balaban J connectivity index is 0.000000185. The summed E-state index contributed by atoms with van der Waals surface area (Å²) in [6, 6.07) is 19.0. The summed E-state index contributed by atoms with van der Waals surface area (Å²) in [5.41, 5.74) is 3.57. The molecule has 3 aromatic rings. The molecule has 0 atom stereocenters. The van der Waals surface area contributed by atoms with Gasteiger partial charge in [0.25, 0.3) is 0 Å². The minimum absolute atomic E-state index is 0.237.